The summed E-state index contributed by atoms with van der Waals surface area (Å²) in [7, 11) is 0. The molecule has 106 valence electrons. The Balaban J connectivity index is 2.16. The largest absolute Gasteiger partial charge is 0.371 e. The third kappa shape index (κ3) is 3.51. The minimum absolute atomic E-state index is 0.0888. The second-order valence-corrected chi connectivity index (χ2v) is 6.98. The standard InChI is InChI=1S/C16H25BrN2/c1-11(2)13-6-8-19(9-7-13)16-10-14(17)4-5-15(16)12(3)18/h4-5,10-13H,6-9,18H2,1-3H3. The number of hydrogen-bond acceptors (Lipinski definition) is 2. The molecule has 2 nitrogen and oxygen atoms in total. The van der Waals surface area contributed by atoms with Crippen LogP contribution in [-0.2, 0) is 0 Å². The van der Waals surface area contributed by atoms with Gasteiger partial charge in [-0.1, -0.05) is 35.8 Å². The number of piperidine rings is 1. The fourth-order valence-electron chi connectivity index (χ4n) is 2.98. The van der Waals surface area contributed by atoms with E-state index in [-0.39, 0.29) is 6.04 Å². The molecular formula is C16H25BrN2. The summed E-state index contributed by atoms with van der Waals surface area (Å²) in [6, 6.07) is 6.54. The Morgan fingerprint density at radius 1 is 1.21 bits per heavy atom. The normalized spacial score (nSPS) is 18.9. The number of benzene rings is 1. The minimum Gasteiger partial charge on any atom is -0.371 e. The molecule has 0 amide bonds. The smallest absolute Gasteiger partial charge is 0.0425 e. The lowest BCUT2D eigenvalue weighted by molar-refractivity contribution is 0.311. The highest BCUT2D eigenvalue weighted by molar-refractivity contribution is 9.10. The van der Waals surface area contributed by atoms with E-state index >= 15 is 0 Å². The molecule has 2 rings (SSSR count). The van der Waals surface area contributed by atoms with Gasteiger partial charge in [0.25, 0.3) is 0 Å². The molecule has 0 saturated carbocycles. The quantitative estimate of drug-likeness (QED) is 0.896. The highest BCUT2D eigenvalue weighted by Crippen LogP contribution is 2.33. The molecule has 1 unspecified atom stereocenters. The number of halogens is 1. The van der Waals surface area contributed by atoms with Crippen molar-refractivity contribution in [1.82, 2.24) is 0 Å². The first-order chi connectivity index (χ1) is 8.99. The lowest BCUT2D eigenvalue weighted by atomic mass is 9.86. The predicted molar refractivity (Wildman–Crippen MR) is 86.5 cm³/mol. The van der Waals surface area contributed by atoms with Gasteiger partial charge < -0.3 is 10.6 Å². The van der Waals surface area contributed by atoms with Gasteiger partial charge in [0, 0.05) is 29.3 Å². The number of nitrogens with two attached hydrogens (primary N) is 1. The fourth-order valence-corrected chi connectivity index (χ4v) is 3.33. The first kappa shape index (κ1) is 14.9. The van der Waals surface area contributed by atoms with E-state index in [2.05, 4.69) is 59.8 Å². The first-order valence-corrected chi connectivity index (χ1v) is 8.08. The highest BCUT2D eigenvalue weighted by atomic mass is 79.9. The molecule has 0 bridgehead atoms. The van der Waals surface area contributed by atoms with Crippen molar-refractivity contribution in [3.05, 3.63) is 28.2 Å². The average molecular weight is 325 g/mol. The van der Waals surface area contributed by atoms with Gasteiger partial charge in [0.1, 0.15) is 0 Å². The second-order valence-electron chi connectivity index (χ2n) is 6.06. The zero-order chi connectivity index (χ0) is 14.0. The van der Waals surface area contributed by atoms with E-state index in [0.717, 1.165) is 29.4 Å². The maximum Gasteiger partial charge on any atom is 0.0425 e. The van der Waals surface area contributed by atoms with Gasteiger partial charge in [-0.05, 0) is 49.3 Å². The molecule has 1 atom stereocenters. The van der Waals surface area contributed by atoms with Crippen molar-refractivity contribution in [2.75, 3.05) is 18.0 Å². The lowest BCUT2D eigenvalue weighted by Crippen LogP contribution is -2.36. The van der Waals surface area contributed by atoms with Gasteiger partial charge in [-0.2, -0.15) is 0 Å². The maximum atomic E-state index is 6.10. The van der Waals surface area contributed by atoms with E-state index < -0.39 is 0 Å². The molecule has 2 N–H and O–H groups in total. The van der Waals surface area contributed by atoms with Crippen LogP contribution >= 0.6 is 15.9 Å². The van der Waals surface area contributed by atoms with Crippen LogP contribution in [0.2, 0.25) is 0 Å². The van der Waals surface area contributed by atoms with Crippen LogP contribution in [0.5, 0.6) is 0 Å². The van der Waals surface area contributed by atoms with Gasteiger partial charge in [-0.25, -0.2) is 0 Å². The van der Waals surface area contributed by atoms with Crippen LogP contribution in [0.4, 0.5) is 5.69 Å². The second kappa shape index (κ2) is 6.27. The zero-order valence-corrected chi connectivity index (χ0v) is 13.8. The monoisotopic (exact) mass is 324 g/mol. The van der Waals surface area contributed by atoms with Crippen LogP contribution in [0.1, 0.15) is 45.2 Å². The van der Waals surface area contributed by atoms with Gasteiger partial charge in [-0.3, -0.25) is 0 Å². The molecule has 0 radical (unpaired) electrons. The molecule has 1 aromatic rings. The van der Waals surface area contributed by atoms with Crippen molar-refractivity contribution >= 4 is 21.6 Å². The number of anilines is 1. The summed E-state index contributed by atoms with van der Waals surface area (Å²) in [5.41, 5.74) is 8.67. The molecule has 1 saturated heterocycles. The molecule has 19 heavy (non-hydrogen) atoms. The Morgan fingerprint density at radius 2 is 1.84 bits per heavy atom. The van der Waals surface area contributed by atoms with Crippen LogP contribution in [0.3, 0.4) is 0 Å². The van der Waals surface area contributed by atoms with Crippen molar-refractivity contribution in [3.8, 4) is 0 Å². The Kier molecular flexibility index (Phi) is 4.91. The first-order valence-electron chi connectivity index (χ1n) is 7.29. The predicted octanol–water partition coefficient (Wildman–Crippen LogP) is 4.34. The molecule has 1 fully saturated rings. The molecule has 1 aliphatic heterocycles. The topological polar surface area (TPSA) is 29.3 Å². The zero-order valence-electron chi connectivity index (χ0n) is 12.2. The van der Waals surface area contributed by atoms with Crippen molar-refractivity contribution in [1.29, 1.82) is 0 Å². The molecular weight excluding hydrogens is 300 g/mol. The van der Waals surface area contributed by atoms with Crippen LogP contribution in [-0.4, -0.2) is 13.1 Å². The average Bonchev–Trinajstić information content (AvgIpc) is 2.38. The van der Waals surface area contributed by atoms with E-state index in [4.69, 9.17) is 5.73 Å². The summed E-state index contributed by atoms with van der Waals surface area (Å²) >= 11 is 3.58. The van der Waals surface area contributed by atoms with E-state index in [1.165, 1.54) is 24.1 Å². The van der Waals surface area contributed by atoms with Gasteiger partial charge in [-0.15, -0.1) is 0 Å². The highest BCUT2D eigenvalue weighted by Gasteiger charge is 2.23. The summed E-state index contributed by atoms with van der Waals surface area (Å²) in [6.07, 6.45) is 2.59. The van der Waals surface area contributed by atoms with E-state index in [0.29, 0.717) is 0 Å². The van der Waals surface area contributed by atoms with Crippen LogP contribution in [0.15, 0.2) is 22.7 Å². The van der Waals surface area contributed by atoms with Crippen molar-refractivity contribution in [2.45, 2.75) is 39.7 Å². The third-order valence-electron chi connectivity index (χ3n) is 4.31. The molecule has 1 aliphatic rings. The Bertz CT molecular complexity index is 421. The maximum absolute atomic E-state index is 6.10. The minimum atomic E-state index is 0.0888. The van der Waals surface area contributed by atoms with Gasteiger partial charge in [0.05, 0.1) is 0 Å². The summed E-state index contributed by atoms with van der Waals surface area (Å²) in [5.74, 6) is 1.68. The molecule has 0 aromatic heterocycles. The van der Waals surface area contributed by atoms with Crippen molar-refractivity contribution in [2.24, 2.45) is 17.6 Å². The number of hydrogen-bond donors (Lipinski definition) is 1. The van der Waals surface area contributed by atoms with E-state index in [1.54, 1.807) is 0 Å². The third-order valence-corrected chi connectivity index (χ3v) is 4.80. The van der Waals surface area contributed by atoms with Crippen molar-refractivity contribution in [3.63, 3.8) is 0 Å². The van der Waals surface area contributed by atoms with Crippen molar-refractivity contribution < 1.29 is 0 Å². The summed E-state index contributed by atoms with van der Waals surface area (Å²) in [4.78, 5) is 2.50. The Morgan fingerprint density at radius 3 is 2.37 bits per heavy atom. The fraction of sp³-hybridized carbons (Fsp3) is 0.625. The van der Waals surface area contributed by atoms with Crippen LogP contribution in [0.25, 0.3) is 0 Å². The molecule has 3 heteroatoms. The van der Waals surface area contributed by atoms with Gasteiger partial charge >= 0.3 is 0 Å². The summed E-state index contributed by atoms with van der Waals surface area (Å²) in [6.45, 7) is 9.05. The van der Waals surface area contributed by atoms with Crippen LogP contribution < -0.4 is 10.6 Å². The number of rotatable bonds is 3. The SMILES string of the molecule is CC(N)c1ccc(Br)cc1N1CCC(C(C)C)CC1. The molecule has 1 aromatic carbocycles. The molecule has 0 aliphatic carbocycles. The Labute approximate surface area is 125 Å². The summed E-state index contributed by atoms with van der Waals surface area (Å²) < 4.78 is 1.14. The lowest BCUT2D eigenvalue weighted by Gasteiger charge is -2.36. The van der Waals surface area contributed by atoms with Gasteiger partial charge in [0.15, 0.2) is 0 Å². The number of nitrogens with zero attached hydrogens (tertiary/aromatic N) is 1. The van der Waals surface area contributed by atoms with Crippen LogP contribution in [0, 0.1) is 11.8 Å². The van der Waals surface area contributed by atoms with Gasteiger partial charge in [0.2, 0.25) is 0 Å². The van der Waals surface area contributed by atoms with E-state index in [9.17, 15) is 0 Å². The summed E-state index contributed by atoms with van der Waals surface area (Å²) in [5, 5.41) is 0. The Hall–Kier alpha value is -0.540. The molecule has 1 heterocycles. The van der Waals surface area contributed by atoms with E-state index in [1.807, 2.05) is 0 Å². The molecule has 0 spiro atoms.